The Morgan fingerprint density at radius 3 is 2.57 bits per heavy atom. The van der Waals surface area contributed by atoms with Crippen LogP contribution in [0.4, 0.5) is 11.4 Å². The molecule has 1 saturated heterocycles. The first kappa shape index (κ1) is 15.6. The highest BCUT2D eigenvalue weighted by atomic mass is 79.9. The van der Waals surface area contributed by atoms with E-state index in [0.29, 0.717) is 12.2 Å². The molecule has 2 aromatic rings. The zero-order valence-electron chi connectivity index (χ0n) is 12.2. The molecular weight excluding hydrogens is 360 g/mol. The van der Waals surface area contributed by atoms with Crippen LogP contribution in [0.3, 0.4) is 0 Å². The van der Waals surface area contributed by atoms with Crippen molar-refractivity contribution in [1.29, 1.82) is 0 Å². The molecule has 0 spiro atoms. The summed E-state index contributed by atoms with van der Waals surface area (Å²) in [5.41, 5.74) is 1.37. The van der Waals surface area contributed by atoms with E-state index in [0.717, 1.165) is 10.2 Å². The van der Waals surface area contributed by atoms with Crippen molar-refractivity contribution in [2.75, 3.05) is 16.8 Å². The van der Waals surface area contributed by atoms with E-state index in [9.17, 15) is 14.7 Å². The highest BCUT2D eigenvalue weighted by molar-refractivity contribution is 9.10. The standard InChI is InChI=1S/C17H15BrN2O3/c18-14-3-1-2-4-15(14)20-10-11(9-16(20)22)17(23)19-12-5-7-13(21)8-6-12/h1-8,11,21H,9-10H2,(H,19,23). The zero-order valence-corrected chi connectivity index (χ0v) is 13.8. The second kappa shape index (κ2) is 6.42. The summed E-state index contributed by atoms with van der Waals surface area (Å²) < 4.78 is 0.827. The van der Waals surface area contributed by atoms with Gasteiger partial charge >= 0.3 is 0 Å². The Morgan fingerprint density at radius 1 is 1.17 bits per heavy atom. The number of halogens is 1. The molecular formula is C17H15BrN2O3. The van der Waals surface area contributed by atoms with E-state index in [1.165, 1.54) is 12.1 Å². The molecule has 0 bridgehead atoms. The van der Waals surface area contributed by atoms with Crippen molar-refractivity contribution < 1.29 is 14.7 Å². The molecule has 6 heteroatoms. The molecule has 1 aliphatic heterocycles. The largest absolute Gasteiger partial charge is 0.508 e. The Balaban J connectivity index is 1.71. The molecule has 23 heavy (non-hydrogen) atoms. The Morgan fingerprint density at radius 2 is 1.87 bits per heavy atom. The Labute approximate surface area is 142 Å². The number of hydrogen-bond acceptors (Lipinski definition) is 3. The van der Waals surface area contributed by atoms with Crippen LogP contribution >= 0.6 is 15.9 Å². The topological polar surface area (TPSA) is 69.6 Å². The van der Waals surface area contributed by atoms with Crippen LogP contribution in [-0.4, -0.2) is 23.5 Å². The first-order valence-corrected chi connectivity index (χ1v) is 7.98. The first-order chi connectivity index (χ1) is 11.0. The van der Waals surface area contributed by atoms with Crippen molar-refractivity contribution in [2.24, 2.45) is 5.92 Å². The minimum atomic E-state index is -0.400. The average molecular weight is 375 g/mol. The molecule has 0 aromatic heterocycles. The lowest BCUT2D eigenvalue weighted by Crippen LogP contribution is -2.28. The lowest BCUT2D eigenvalue weighted by molar-refractivity contribution is -0.122. The van der Waals surface area contributed by atoms with Gasteiger partial charge in [0.2, 0.25) is 11.8 Å². The van der Waals surface area contributed by atoms with Crippen LogP contribution in [0.1, 0.15) is 6.42 Å². The van der Waals surface area contributed by atoms with Gasteiger partial charge in [0, 0.05) is 23.1 Å². The van der Waals surface area contributed by atoms with Gasteiger partial charge in [-0.25, -0.2) is 0 Å². The summed E-state index contributed by atoms with van der Waals surface area (Å²) in [6.45, 7) is 0.353. The number of anilines is 2. The molecule has 0 aliphatic carbocycles. The molecule has 0 saturated carbocycles. The third-order valence-electron chi connectivity index (χ3n) is 3.77. The van der Waals surface area contributed by atoms with Crippen molar-refractivity contribution >= 4 is 39.1 Å². The van der Waals surface area contributed by atoms with Crippen molar-refractivity contribution in [3.05, 3.63) is 53.0 Å². The second-order valence-electron chi connectivity index (χ2n) is 5.39. The molecule has 5 nitrogen and oxygen atoms in total. The lowest BCUT2D eigenvalue weighted by Gasteiger charge is -2.18. The van der Waals surface area contributed by atoms with Crippen LogP contribution in [0.15, 0.2) is 53.0 Å². The lowest BCUT2D eigenvalue weighted by atomic mass is 10.1. The van der Waals surface area contributed by atoms with Gasteiger partial charge in [-0.3, -0.25) is 9.59 Å². The monoisotopic (exact) mass is 374 g/mol. The molecule has 1 atom stereocenters. The van der Waals surface area contributed by atoms with E-state index in [1.807, 2.05) is 24.3 Å². The van der Waals surface area contributed by atoms with Crippen molar-refractivity contribution in [3.8, 4) is 5.75 Å². The quantitative estimate of drug-likeness (QED) is 0.810. The van der Waals surface area contributed by atoms with Gasteiger partial charge in [0.15, 0.2) is 0 Å². The maximum absolute atomic E-state index is 12.3. The summed E-state index contributed by atoms with van der Waals surface area (Å²) in [7, 11) is 0. The molecule has 1 fully saturated rings. The molecule has 1 unspecified atom stereocenters. The van der Waals surface area contributed by atoms with Crippen molar-refractivity contribution in [3.63, 3.8) is 0 Å². The Kier molecular flexibility index (Phi) is 4.34. The normalized spacial score (nSPS) is 17.3. The van der Waals surface area contributed by atoms with E-state index in [4.69, 9.17) is 0 Å². The van der Waals surface area contributed by atoms with Gasteiger partial charge in [0.05, 0.1) is 11.6 Å². The van der Waals surface area contributed by atoms with Gasteiger partial charge in [-0.2, -0.15) is 0 Å². The summed E-state index contributed by atoms with van der Waals surface area (Å²) in [6, 6.07) is 13.7. The highest BCUT2D eigenvalue weighted by Crippen LogP contribution is 2.31. The van der Waals surface area contributed by atoms with Crippen LogP contribution in [0.25, 0.3) is 0 Å². The summed E-state index contributed by atoms with van der Waals surface area (Å²) in [6.07, 6.45) is 0.186. The van der Waals surface area contributed by atoms with Crippen LogP contribution in [-0.2, 0) is 9.59 Å². The van der Waals surface area contributed by atoms with Crippen molar-refractivity contribution in [1.82, 2.24) is 0 Å². The summed E-state index contributed by atoms with van der Waals surface area (Å²) >= 11 is 3.43. The van der Waals surface area contributed by atoms with E-state index < -0.39 is 5.92 Å². The molecule has 1 aliphatic rings. The predicted octanol–water partition coefficient (Wildman–Crippen LogP) is 3.15. The number of carbonyl (C=O) groups is 2. The van der Waals surface area contributed by atoms with Gasteiger partial charge < -0.3 is 15.3 Å². The Hall–Kier alpha value is -2.34. The molecule has 2 aromatic carbocycles. The number of phenolic OH excluding ortho intramolecular Hbond substituents is 1. The fraction of sp³-hybridized carbons (Fsp3) is 0.176. The SMILES string of the molecule is O=C(Nc1ccc(O)cc1)C1CC(=O)N(c2ccccc2Br)C1. The Bertz CT molecular complexity index is 746. The number of nitrogens with zero attached hydrogens (tertiary/aromatic N) is 1. The smallest absolute Gasteiger partial charge is 0.229 e. The summed E-state index contributed by atoms with van der Waals surface area (Å²) in [5, 5.41) is 12.0. The average Bonchev–Trinajstić information content (AvgIpc) is 2.92. The van der Waals surface area contributed by atoms with Gasteiger partial charge in [0.25, 0.3) is 0 Å². The van der Waals surface area contributed by atoms with Gasteiger partial charge in [-0.15, -0.1) is 0 Å². The van der Waals surface area contributed by atoms with E-state index in [1.54, 1.807) is 17.0 Å². The third-order valence-corrected chi connectivity index (χ3v) is 4.44. The van der Waals surface area contributed by atoms with E-state index in [-0.39, 0.29) is 24.0 Å². The van der Waals surface area contributed by atoms with Gasteiger partial charge in [-0.1, -0.05) is 12.1 Å². The molecule has 3 rings (SSSR count). The number of carbonyl (C=O) groups excluding carboxylic acids is 2. The number of hydrogen-bond donors (Lipinski definition) is 2. The third kappa shape index (κ3) is 3.37. The van der Waals surface area contributed by atoms with E-state index in [2.05, 4.69) is 21.2 Å². The van der Waals surface area contributed by atoms with Gasteiger partial charge in [0.1, 0.15) is 5.75 Å². The number of para-hydroxylation sites is 1. The first-order valence-electron chi connectivity index (χ1n) is 7.19. The molecule has 1 heterocycles. The number of aromatic hydroxyl groups is 1. The highest BCUT2D eigenvalue weighted by Gasteiger charge is 2.35. The maximum Gasteiger partial charge on any atom is 0.229 e. The fourth-order valence-electron chi connectivity index (χ4n) is 2.58. The van der Waals surface area contributed by atoms with Crippen molar-refractivity contribution in [2.45, 2.75) is 6.42 Å². The molecule has 0 radical (unpaired) electrons. The maximum atomic E-state index is 12.3. The number of nitrogens with one attached hydrogen (secondary N) is 1. The van der Waals surface area contributed by atoms with Crippen LogP contribution in [0.5, 0.6) is 5.75 Å². The zero-order chi connectivity index (χ0) is 16.4. The minimum absolute atomic E-state index is 0.0669. The number of phenols is 1. The molecule has 2 amide bonds. The molecule has 118 valence electrons. The molecule has 2 N–H and O–H groups in total. The number of amides is 2. The number of rotatable bonds is 3. The minimum Gasteiger partial charge on any atom is -0.508 e. The second-order valence-corrected chi connectivity index (χ2v) is 6.25. The van der Waals surface area contributed by atoms with Crippen LogP contribution < -0.4 is 10.2 Å². The van der Waals surface area contributed by atoms with E-state index >= 15 is 0 Å². The number of benzene rings is 2. The summed E-state index contributed by atoms with van der Waals surface area (Å²) in [4.78, 5) is 26.2. The van der Waals surface area contributed by atoms with Crippen LogP contribution in [0, 0.1) is 5.92 Å². The predicted molar refractivity (Wildman–Crippen MR) is 91.3 cm³/mol. The van der Waals surface area contributed by atoms with Gasteiger partial charge in [-0.05, 0) is 52.3 Å². The fourth-order valence-corrected chi connectivity index (χ4v) is 3.07. The summed E-state index contributed by atoms with van der Waals surface area (Å²) in [5.74, 6) is -0.524. The van der Waals surface area contributed by atoms with Crippen LogP contribution in [0.2, 0.25) is 0 Å².